The molecule has 5 atom stereocenters. The van der Waals surface area contributed by atoms with E-state index in [1.807, 2.05) is 6.07 Å². The number of aliphatic hydroxyl groups is 1. The Morgan fingerprint density at radius 1 is 0.905 bits per heavy atom. The Labute approximate surface area is 249 Å². The van der Waals surface area contributed by atoms with Crippen LogP contribution in [0.2, 0.25) is 0 Å². The first kappa shape index (κ1) is 30.5. The Balaban J connectivity index is 1.19. The average Bonchev–Trinajstić information content (AvgIpc) is 3.32. The molecule has 3 aliphatic carbocycles. The Kier molecular flexibility index (Phi) is 9.92. The maximum atomic E-state index is 12.8. The number of piperidine rings is 1. The standard InChI is InChI=1S/C32H49NO9/c1-35-12-14-37-16-17-38-18-19-40-26-8-9-32(34)27-20-24-6-7-25(41-22-39-15-13-36-2)29-28(24)31(32,30(26)42-29)10-11-33(27)21-23-4-3-5-23/h6-7,23,26-27,30,34H,3-5,8-22H2,1-2H3/t26?,27?,30-,31-,32+/m0/s1. The van der Waals surface area contributed by atoms with Crippen molar-refractivity contribution < 1.29 is 43.0 Å². The monoisotopic (exact) mass is 591 g/mol. The first-order valence-corrected chi connectivity index (χ1v) is 15.9. The van der Waals surface area contributed by atoms with Crippen molar-refractivity contribution in [3.05, 3.63) is 23.3 Å². The lowest BCUT2D eigenvalue weighted by Crippen LogP contribution is -2.77. The molecular weight excluding hydrogens is 542 g/mol. The highest BCUT2D eigenvalue weighted by molar-refractivity contribution is 5.63. The van der Waals surface area contributed by atoms with Gasteiger partial charge in [-0.05, 0) is 62.6 Å². The summed E-state index contributed by atoms with van der Waals surface area (Å²) in [6, 6.07) is 4.28. The Morgan fingerprint density at radius 3 is 2.38 bits per heavy atom. The number of likely N-dealkylation sites (tertiary alicyclic amines) is 1. The molecule has 42 heavy (non-hydrogen) atoms. The number of nitrogens with zero attached hydrogens (tertiary/aromatic N) is 1. The van der Waals surface area contributed by atoms with Crippen LogP contribution in [-0.4, -0.2) is 121 Å². The van der Waals surface area contributed by atoms with Crippen LogP contribution in [-0.2, 0) is 40.3 Å². The van der Waals surface area contributed by atoms with E-state index in [4.69, 9.17) is 37.9 Å². The summed E-state index contributed by atoms with van der Waals surface area (Å²) in [7, 11) is 3.31. The molecule has 2 heterocycles. The van der Waals surface area contributed by atoms with Crippen molar-refractivity contribution in [2.24, 2.45) is 5.92 Å². The number of hydrogen-bond acceptors (Lipinski definition) is 10. The van der Waals surface area contributed by atoms with E-state index in [1.165, 1.54) is 24.8 Å². The largest absolute Gasteiger partial charge is 0.482 e. The second kappa shape index (κ2) is 13.6. The molecule has 0 aromatic heterocycles. The number of rotatable bonds is 18. The minimum Gasteiger partial charge on any atom is -0.482 e. The van der Waals surface area contributed by atoms with Crippen LogP contribution in [0.25, 0.3) is 0 Å². The maximum absolute atomic E-state index is 12.8. The summed E-state index contributed by atoms with van der Waals surface area (Å²) < 4.78 is 46.4. The molecule has 1 aromatic carbocycles. The van der Waals surface area contributed by atoms with Crippen LogP contribution in [0.15, 0.2) is 12.1 Å². The van der Waals surface area contributed by atoms with Gasteiger partial charge in [0.2, 0.25) is 0 Å². The number of ether oxygens (including phenoxy) is 8. The van der Waals surface area contributed by atoms with Gasteiger partial charge < -0.3 is 43.0 Å². The van der Waals surface area contributed by atoms with Gasteiger partial charge in [0.15, 0.2) is 18.3 Å². The fraction of sp³-hybridized carbons (Fsp3) is 0.812. The van der Waals surface area contributed by atoms with Gasteiger partial charge in [-0.15, -0.1) is 0 Å². The SMILES string of the molecule is COCCOCCOCCOC1CC[C@@]2(O)C3Cc4ccc(OCOCCOC)c5c4[C@@]2(CCN3CC2CCC2)[C@H]1O5. The lowest BCUT2D eigenvalue weighted by atomic mass is 9.48. The summed E-state index contributed by atoms with van der Waals surface area (Å²) in [5.74, 6) is 2.19. The summed E-state index contributed by atoms with van der Waals surface area (Å²) in [4.78, 5) is 2.60. The molecule has 5 aliphatic rings. The second-order valence-electron chi connectivity index (χ2n) is 12.5. The molecule has 1 N–H and O–H groups in total. The normalized spacial score (nSPS) is 31.5. The first-order chi connectivity index (χ1) is 20.6. The van der Waals surface area contributed by atoms with Crippen molar-refractivity contribution in [1.82, 2.24) is 4.90 Å². The van der Waals surface area contributed by atoms with E-state index in [-0.39, 0.29) is 25.0 Å². The molecule has 3 fully saturated rings. The zero-order valence-electron chi connectivity index (χ0n) is 25.4. The number of hydrogen-bond donors (Lipinski definition) is 1. The summed E-state index contributed by atoms with van der Waals surface area (Å²) in [5.41, 5.74) is 1.01. The van der Waals surface area contributed by atoms with E-state index < -0.39 is 11.0 Å². The van der Waals surface area contributed by atoms with Crippen molar-refractivity contribution >= 4 is 0 Å². The molecule has 10 heteroatoms. The predicted molar refractivity (Wildman–Crippen MR) is 154 cm³/mol. The highest BCUT2D eigenvalue weighted by atomic mass is 16.7. The summed E-state index contributed by atoms with van der Waals surface area (Å²) in [6.45, 7) is 6.28. The van der Waals surface area contributed by atoms with E-state index in [0.29, 0.717) is 65.0 Å². The Morgan fingerprint density at radius 2 is 1.64 bits per heavy atom. The third kappa shape index (κ3) is 5.58. The van der Waals surface area contributed by atoms with Crippen LogP contribution in [0.4, 0.5) is 0 Å². The predicted octanol–water partition coefficient (Wildman–Crippen LogP) is 2.70. The molecule has 2 bridgehead atoms. The van der Waals surface area contributed by atoms with Gasteiger partial charge in [-0.3, -0.25) is 4.90 Å². The van der Waals surface area contributed by atoms with Crippen molar-refractivity contribution in [3.8, 4) is 11.5 Å². The van der Waals surface area contributed by atoms with Gasteiger partial charge in [0.25, 0.3) is 0 Å². The summed E-state index contributed by atoms with van der Waals surface area (Å²) >= 11 is 0. The molecule has 236 valence electrons. The van der Waals surface area contributed by atoms with E-state index in [2.05, 4.69) is 11.0 Å². The van der Waals surface area contributed by atoms with E-state index in [0.717, 1.165) is 49.6 Å². The van der Waals surface area contributed by atoms with E-state index in [1.54, 1.807) is 14.2 Å². The lowest BCUT2D eigenvalue weighted by Gasteiger charge is -2.64. The fourth-order valence-electron chi connectivity index (χ4n) is 8.11. The molecular formula is C32H49NO9. The van der Waals surface area contributed by atoms with E-state index >= 15 is 0 Å². The zero-order valence-corrected chi connectivity index (χ0v) is 25.4. The molecule has 10 nitrogen and oxygen atoms in total. The van der Waals surface area contributed by atoms with Gasteiger partial charge >= 0.3 is 0 Å². The molecule has 1 saturated heterocycles. The third-order valence-electron chi connectivity index (χ3n) is 10.3. The summed E-state index contributed by atoms with van der Waals surface area (Å²) in [5, 5.41) is 12.8. The van der Waals surface area contributed by atoms with Crippen molar-refractivity contribution in [2.75, 3.05) is 87.0 Å². The molecule has 2 aliphatic heterocycles. The van der Waals surface area contributed by atoms with Crippen LogP contribution < -0.4 is 9.47 Å². The molecule has 0 radical (unpaired) electrons. The van der Waals surface area contributed by atoms with Crippen LogP contribution in [0.1, 0.15) is 49.7 Å². The maximum Gasteiger partial charge on any atom is 0.189 e. The van der Waals surface area contributed by atoms with Crippen molar-refractivity contribution in [1.29, 1.82) is 0 Å². The molecule has 1 spiro atoms. The van der Waals surface area contributed by atoms with Crippen LogP contribution in [0, 0.1) is 5.92 Å². The van der Waals surface area contributed by atoms with Crippen LogP contribution in [0.5, 0.6) is 11.5 Å². The summed E-state index contributed by atoms with van der Waals surface area (Å²) in [6.07, 6.45) is 6.65. The lowest BCUT2D eigenvalue weighted by molar-refractivity contribution is -0.218. The average molecular weight is 592 g/mol. The Bertz CT molecular complexity index is 1040. The van der Waals surface area contributed by atoms with E-state index in [9.17, 15) is 5.11 Å². The number of methoxy groups -OCH3 is 2. The van der Waals surface area contributed by atoms with Crippen LogP contribution in [0.3, 0.4) is 0 Å². The van der Waals surface area contributed by atoms with Gasteiger partial charge in [0.05, 0.1) is 70.0 Å². The van der Waals surface area contributed by atoms with Gasteiger partial charge in [-0.25, -0.2) is 0 Å². The topological polar surface area (TPSA) is 97.3 Å². The minimum atomic E-state index is -0.874. The third-order valence-corrected chi connectivity index (χ3v) is 10.3. The van der Waals surface area contributed by atoms with Crippen molar-refractivity contribution in [2.45, 2.75) is 74.2 Å². The van der Waals surface area contributed by atoms with Gasteiger partial charge in [-0.1, -0.05) is 12.5 Å². The van der Waals surface area contributed by atoms with Gasteiger partial charge in [0, 0.05) is 32.4 Å². The number of benzene rings is 1. The minimum absolute atomic E-state index is 0.0861. The zero-order chi connectivity index (χ0) is 29.0. The molecule has 2 saturated carbocycles. The Hall–Kier alpha value is -1.50. The molecule has 6 rings (SSSR count). The highest BCUT2D eigenvalue weighted by Crippen LogP contribution is 2.66. The van der Waals surface area contributed by atoms with Crippen LogP contribution >= 0.6 is 0 Å². The molecule has 2 unspecified atom stereocenters. The van der Waals surface area contributed by atoms with Gasteiger partial charge in [0.1, 0.15) is 6.10 Å². The first-order valence-electron chi connectivity index (χ1n) is 15.9. The highest BCUT2D eigenvalue weighted by Gasteiger charge is 2.73. The second-order valence-corrected chi connectivity index (χ2v) is 12.5. The molecule has 0 amide bonds. The fourth-order valence-corrected chi connectivity index (χ4v) is 8.11. The van der Waals surface area contributed by atoms with Gasteiger partial charge in [-0.2, -0.15) is 0 Å². The quantitative estimate of drug-likeness (QED) is 0.203. The van der Waals surface area contributed by atoms with Crippen molar-refractivity contribution in [3.63, 3.8) is 0 Å². The smallest absolute Gasteiger partial charge is 0.189 e. The molecule has 1 aromatic rings.